The van der Waals surface area contributed by atoms with E-state index in [9.17, 15) is 14.7 Å². The average Bonchev–Trinajstić information content (AvgIpc) is 2.87. The number of anilines is 3. The first-order valence-corrected chi connectivity index (χ1v) is 13.5. The summed E-state index contributed by atoms with van der Waals surface area (Å²) in [5, 5.41) is 15.6. The number of amides is 2. The van der Waals surface area contributed by atoms with Crippen molar-refractivity contribution in [3.8, 4) is 0 Å². The Kier molecular flexibility index (Phi) is 10.8. The van der Waals surface area contributed by atoms with Crippen molar-refractivity contribution in [2.45, 2.75) is 77.7 Å². The quantitative estimate of drug-likeness (QED) is 0.286. The lowest BCUT2D eigenvalue weighted by Gasteiger charge is -2.38. The van der Waals surface area contributed by atoms with Gasteiger partial charge in [-0.25, -0.2) is 4.79 Å². The first-order valence-electron chi connectivity index (χ1n) is 13.5. The highest BCUT2D eigenvalue weighted by molar-refractivity contribution is 6.02. The molecule has 0 saturated heterocycles. The second-order valence-electron chi connectivity index (χ2n) is 10.6. The fourth-order valence-corrected chi connectivity index (χ4v) is 5.17. The zero-order valence-corrected chi connectivity index (χ0v) is 22.8. The van der Waals surface area contributed by atoms with E-state index in [1.54, 1.807) is 7.11 Å². The van der Waals surface area contributed by atoms with Crippen LogP contribution >= 0.6 is 0 Å². The monoisotopic (exact) mass is 509 g/mol. The number of ether oxygens (including phenoxy) is 1. The van der Waals surface area contributed by atoms with Gasteiger partial charge in [-0.3, -0.25) is 4.79 Å². The predicted octanol–water partition coefficient (Wildman–Crippen LogP) is 7.03. The van der Waals surface area contributed by atoms with Gasteiger partial charge in [-0.1, -0.05) is 56.9 Å². The third-order valence-corrected chi connectivity index (χ3v) is 7.03. The molecular formula is C30H43N3O4. The number of aryl methyl sites for hydroxylation is 1. The number of benzene rings is 2. The van der Waals surface area contributed by atoms with E-state index in [2.05, 4.69) is 35.4 Å². The Bertz CT molecular complexity index is 1020. The van der Waals surface area contributed by atoms with Crippen molar-refractivity contribution < 1.29 is 19.4 Å². The highest BCUT2D eigenvalue weighted by Crippen LogP contribution is 2.37. The number of hydrogen-bond acceptors (Lipinski definition) is 4. The van der Waals surface area contributed by atoms with Gasteiger partial charge in [0.05, 0.1) is 17.8 Å². The Morgan fingerprint density at radius 3 is 2.38 bits per heavy atom. The van der Waals surface area contributed by atoms with Crippen LogP contribution in [0.3, 0.4) is 0 Å². The van der Waals surface area contributed by atoms with Crippen LogP contribution in [0.2, 0.25) is 0 Å². The molecule has 0 aliphatic heterocycles. The van der Waals surface area contributed by atoms with Crippen LogP contribution in [0, 0.1) is 12.8 Å². The van der Waals surface area contributed by atoms with E-state index < -0.39 is 5.97 Å². The number of aliphatic carboxylic acids is 1. The maximum absolute atomic E-state index is 13.1. The molecule has 1 aliphatic rings. The Morgan fingerprint density at radius 2 is 1.76 bits per heavy atom. The van der Waals surface area contributed by atoms with Crippen LogP contribution in [0.5, 0.6) is 0 Å². The van der Waals surface area contributed by atoms with Crippen molar-refractivity contribution in [2.24, 2.45) is 5.92 Å². The summed E-state index contributed by atoms with van der Waals surface area (Å²) in [5.74, 6) is -0.599. The largest absolute Gasteiger partial charge is 0.481 e. The van der Waals surface area contributed by atoms with Crippen LogP contribution in [0.15, 0.2) is 42.5 Å². The molecule has 1 fully saturated rings. The van der Waals surface area contributed by atoms with E-state index in [1.807, 2.05) is 43.3 Å². The SMILES string of the molecule is COCCC(CC(=O)O)c1ccc(N(CC(C)C)C2CCCCC2)c(NC(=O)Nc2ccc(C)cc2)c1. The summed E-state index contributed by atoms with van der Waals surface area (Å²) in [6.07, 6.45) is 6.58. The van der Waals surface area contributed by atoms with Crippen LogP contribution in [0.4, 0.5) is 21.9 Å². The molecule has 1 aliphatic carbocycles. The molecule has 0 heterocycles. The summed E-state index contributed by atoms with van der Waals surface area (Å²) >= 11 is 0. The number of carboxylic acid groups (broad SMARTS) is 1. The summed E-state index contributed by atoms with van der Waals surface area (Å²) in [6, 6.07) is 13.8. The van der Waals surface area contributed by atoms with Gasteiger partial charge in [0.15, 0.2) is 0 Å². The molecule has 2 aromatic carbocycles. The molecule has 1 atom stereocenters. The number of rotatable bonds is 12. The van der Waals surface area contributed by atoms with Crippen molar-refractivity contribution >= 4 is 29.1 Å². The van der Waals surface area contributed by atoms with E-state index in [-0.39, 0.29) is 18.4 Å². The van der Waals surface area contributed by atoms with E-state index >= 15 is 0 Å². The molecule has 37 heavy (non-hydrogen) atoms. The van der Waals surface area contributed by atoms with Crippen molar-refractivity contribution in [1.82, 2.24) is 0 Å². The van der Waals surface area contributed by atoms with Crippen LogP contribution < -0.4 is 15.5 Å². The first-order chi connectivity index (χ1) is 17.8. The second-order valence-corrected chi connectivity index (χ2v) is 10.6. The third kappa shape index (κ3) is 8.78. The smallest absolute Gasteiger partial charge is 0.323 e. The van der Waals surface area contributed by atoms with E-state index in [0.29, 0.717) is 30.7 Å². The van der Waals surface area contributed by atoms with Gasteiger partial charge in [0.25, 0.3) is 0 Å². The lowest BCUT2D eigenvalue weighted by molar-refractivity contribution is -0.137. The standard InChI is InChI=1S/C30H43N3O4/c1-21(2)20-33(26-8-6-5-7-9-26)28-15-12-23(24(16-17-37-4)19-29(34)35)18-27(28)32-30(36)31-25-13-10-22(3)11-14-25/h10-15,18,21,24,26H,5-9,16-17,19-20H2,1-4H3,(H,34,35)(H2,31,32,36). The normalized spacial score (nSPS) is 14.8. The molecule has 0 bridgehead atoms. The van der Waals surface area contributed by atoms with Gasteiger partial charge in [-0.2, -0.15) is 0 Å². The highest BCUT2D eigenvalue weighted by Gasteiger charge is 2.26. The minimum Gasteiger partial charge on any atom is -0.481 e. The predicted molar refractivity (Wildman–Crippen MR) is 151 cm³/mol. The molecule has 0 spiro atoms. The minimum absolute atomic E-state index is 0.00996. The number of carbonyl (C=O) groups excluding carboxylic acids is 1. The van der Waals surface area contributed by atoms with Crippen LogP contribution in [0.25, 0.3) is 0 Å². The lowest BCUT2D eigenvalue weighted by Crippen LogP contribution is -2.40. The number of carbonyl (C=O) groups is 2. The second kappa shape index (κ2) is 14.0. The van der Waals surface area contributed by atoms with Crippen molar-refractivity contribution in [1.29, 1.82) is 0 Å². The fraction of sp³-hybridized carbons (Fsp3) is 0.533. The summed E-state index contributed by atoms with van der Waals surface area (Å²) in [6.45, 7) is 7.80. The van der Waals surface area contributed by atoms with Crippen molar-refractivity contribution in [3.05, 3.63) is 53.6 Å². The average molecular weight is 510 g/mol. The molecular weight excluding hydrogens is 466 g/mol. The number of hydrogen-bond donors (Lipinski definition) is 3. The Hall–Kier alpha value is -3.06. The van der Waals surface area contributed by atoms with Gasteiger partial charge in [0.2, 0.25) is 0 Å². The summed E-state index contributed by atoms with van der Waals surface area (Å²) < 4.78 is 5.25. The molecule has 3 N–H and O–H groups in total. The summed E-state index contributed by atoms with van der Waals surface area (Å²) in [4.78, 5) is 27.2. The van der Waals surface area contributed by atoms with E-state index in [4.69, 9.17) is 4.74 Å². The molecule has 202 valence electrons. The maximum Gasteiger partial charge on any atom is 0.323 e. The van der Waals surface area contributed by atoms with E-state index in [1.165, 1.54) is 19.3 Å². The number of urea groups is 1. The van der Waals surface area contributed by atoms with E-state index in [0.717, 1.165) is 41.9 Å². The van der Waals surface area contributed by atoms with Crippen LogP contribution in [-0.2, 0) is 9.53 Å². The van der Waals surface area contributed by atoms with Gasteiger partial charge in [0.1, 0.15) is 0 Å². The number of methoxy groups -OCH3 is 1. The minimum atomic E-state index is -0.847. The van der Waals surface area contributed by atoms with Crippen LogP contribution in [-0.4, -0.2) is 43.4 Å². The summed E-state index contributed by atoms with van der Waals surface area (Å²) in [7, 11) is 1.62. The topological polar surface area (TPSA) is 90.9 Å². The molecule has 7 heteroatoms. The first kappa shape index (κ1) is 28.5. The number of nitrogens with one attached hydrogen (secondary N) is 2. The fourth-order valence-electron chi connectivity index (χ4n) is 5.17. The summed E-state index contributed by atoms with van der Waals surface area (Å²) in [5.41, 5.74) is 4.43. The molecule has 2 amide bonds. The zero-order valence-electron chi connectivity index (χ0n) is 22.8. The lowest BCUT2D eigenvalue weighted by atomic mass is 9.90. The Labute approximate surface area is 221 Å². The molecule has 0 radical (unpaired) electrons. The van der Waals surface area contributed by atoms with Crippen molar-refractivity contribution in [2.75, 3.05) is 35.8 Å². The van der Waals surface area contributed by atoms with Gasteiger partial charge >= 0.3 is 12.0 Å². The van der Waals surface area contributed by atoms with Crippen LogP contribution in [0.1, 0.15) is 75.8 Å². The van der Waals surface area contributed by atoms with Gasteiger partial charge in [0, 0.05) is 32.0 Å². The number of carboxylic acids is 1. The maximum atomic E-state index is 13.1. The Balaban J connectivity index is 1.97. The molecule has 2 aromatic rings. The van der Waals surface area contributed by atoms with Gasteiger partial charge in [-0.15, -0.1) is 0 Å². The molecule has 0 aromatic heterocycles. The van der Waals surface area contributed by atoms with Crippen molar-refractivity contribution in [3.63, 3.8) is 0 Å². The molecule has 1 unspecified atom stereocenters. The molecule has 7 nitrogen and oxygen atoms in total. The molecule has 3 rings (SSSR count). The highest BCUT2D eigenvalue weighted by atomic mass is 16.5. The number of nitrogens with zero attached hydrogens (tertiary/aromatic N) is 1. The Morgan fingerprint density at radius 1 is 1.05 bits per heavy atom. The van der Waals surface area contributed by atoms with Gasteiger partial charge < -0.3 is 25.4 Å². The third-order valence-electron chi connectivity index (χ3n) is 7.03. The zero-order chi connectivity index (χ0) is 26.8. The van der Waals surface area contributed by atoms with Gasteiger partial charge in [-0.05, 0) is 67.9 Å². The molecule has 1 saturated carbocycles.